The van der Waals surface area contributed by atoms with Crippen molar-refractivity contribution in [3.8, 4) is 5.75 Å². The molecule has 1 amide bonds. The summed E-state index contributed by atoms with van der Waals surface area (Å²) in [7, 11) is 0. The van der Waals surface area contributed by atoms with Gasteiger partial charge in [0, 0.05) is 12.5 Å². The van der Waals surface area contributed by atoms with E-state index in [-0.39, 0.29) is 18.2 Å². The van der Waals surface area contributed by atoms with Gasteiger partial charge in [0.25, 0.3) is 0 Å². The molecule has 3 rings (SSSR count). The van der Waals surface area contributed by atoms with Crippen LogP contribution in [-0.4, -0.2) is 46.3 Å². The molecule has 1 saturated heterocycles. The van der Waals surface area contributed by atoms with Gasteiger partial charge in [-0.25, -0.2) is 9.78 Å². The van der Waals surface area contributed by atoms with Crippen LogP contribution in [0.1, 0.15) is 25.2 Å². The zero-order valence-corrected chi connectivity index (χ0v) is 17.1. The van der Waals surface area contributed by atoms with Crippen molar-refractivity contribution in [2.45, 2.75) is 32.4 Å². The third-order valence-electron chi connectivity index (χ3n) is 3.92. The Bertz CT molecular complexity index is 727. The average molecular weight is 473 g/mol. The molecule has 1 aromatic carbocycles. The number of hydrogen-bond acceptors (Lipinski definition) is 4. The van der Waals surface area contributed by atoms with Gasteiger partial charge >= 0.3 is 6.09 Å². The topological polar surface area (TPSA) is 67.4 Å². The number of rotatable bonds is 6. The van der Waals surface area contributed by atoms with E-state index in [0.29, 0.717) is 19.6 Å². The maximum atomic E-state index is 11.7. The Labute approximate surface area is 163 Å². The summed E-state index contributed by atoms with van der Waals surface area (Å²) in [5.74, 6) is 1.63. The number of cyclic esters (lactones) is 1. The largest absolute Gasteiger partial charge is 0.490 e. The van der Waals surface area contributed by atoms with Crippen LogP contribution in [0.15, 0.2) is 33.5 Å². The van der Waals surface area contributed by atoms with E-state index in [9.17, 15) is 4.79 Å². The lowest BCUT2D eigenvalue weighted by molar-refractivity contribution is 0.102. The molecular formula is C17H19Br2N3O3. The van der Waals surface area contributed by atoms with Gasteiger partial charge in [-0.05, 0) is 63.4 Å². The lowest BCUT2D eigenvalue weighted by Crippen LogP contribution is -2.32. The van der Waals surface area contributed by atoms with Crippen LogP contribution in [0.2, 0.25) is 0 Å². The van der Waals surface area contributed by atoms with E-state index in [0.717, 1.165) is 26.3 Å². The van der Waals surface area contributed by atoms with Crippen molar-refractivity contribution in [3.63, 3.8) is 0 Å². The van der Waals surface area contributed by atoms with Crippen molar-refractivity contribution in [1.29, 1.82) is 0 Å². The van der Waals surface area contributed by atoms with Crippen molar-refractivity contribution in [2.24, 2.45) is 0 Å². The van der Waals surface area contributed by atoms with Crippen molar-refractivity contribution in [3.05, 3.63) is 44.9 Å². The van der Waals surface area contributed by atoms with Gasteiger partial charge < -0.3 is 19.4 Å². The minimum atomic E-state index is -0.269. The molecule has 0 aliphatic carbocycles. The summed E-state index contributed by atoms with van der Waals surface area (Å²) in [6, 6.07) is 7.97. The number of aromatic nitrogens is 2. The first kappa shape index (κ1) is 18.3. The normalized spacial score (nSPS) is 17.2. The van der Waals surface area contributed by atoms with Crippen LogP contribution in [0.5, 0.6) is 5.75 Å². The summed E-state index contributed by atoms with van der Waals surface area (Å²) in [6.45, 7) is 4.86. The molecule has 134 valence electrons. The molecule has 1 aliphatic heterocycles. The lowest BCUT2D eigenvalue weighted by atomic mass is 10.1. The quantitative estimate of drug-likeness (QED) is 0.686. The SMILES string of the molecule is CC(C)N1C[C@@H](COc2ccc(Cc3nc(Br)c(Br)[nH]3)cc2)OC1=O. The highest BCUT2D eigenvalue weighted by molar-refractivity contribution is 9.13. The first-order valence-corrected chi connectivity index (χ1v) is 9.60. The number of carbonyl (C=O) groups excluding carboxylic acids is 1. The molecule has 0 unspecified atom stereocenters. The number of amides is 1. The zero-order valence-electron chi connectivity index (χ0n) is 14.0. The van der Waals surface area contributed by atoms with E-state index in [4.69, 9.17) is 9.47 Å². The van der Waals surface area contributed by atoms with Gasteiger partial charge in [0.15, 0.2) is 6.10 Å². The zero-order chi connectivity index (χ0) is 18.0. The van der Waals surface area contributed by atoms with Crippen LogP contribution in [0.3, 0.4) is 0 Å². The molecule has 1 N–H and O–H groups in total. The van der Waals surface area contributed by atoms with Crippen LogP contribution in [-0.2, 0) is 11.2 Å². The molecule has 0 saturated carbocycles. The van der Waals surface area contributed by atoms with Crippen molar-refractivity contribution in [1.82, 2.24) is 14.9 Å². The number of benzene rings is 1. The van der Waals surface area contributed by atoms with Crippen LogP contribution in [0.4, 0.5) is 4.79 Å². The summed E-state index contributed by atoms with van der Waals surface area (Å²) >= 11 is 6.75. The minimum Gasteiger partial charge on any atom is -0.490 e. The van der Waals surface area contributed by atoms with Gasteiger partial charge in [0.1, 0.15) is 27.4 Å². The molecular weight excluding hydrogens is 454 g/mol. The summed E-state index contributed by atoms with van der Waals surface area (Å²) in [5.41, 5.74) is 1.12. The van der Waals surface area contributed by atoms with Gasteiger partial charge in [0.2, 0.25) is 0 Å². The van der Waals surface area contributed by atoms with Crippen molar-refractivity contribution < 1.29 is 14.3 Å². The fraction of sp³-hybridized carbons (Fsp3) is 0.412. The van der Waals surface area contributed by atoms with E-state index >= 15 is 0 Å². The minimum absolute atomic E-state index is 0.137. The number of halogens is 2. The number of ether oxygens (including phenoxy) is 2. The molecule has 6 nitrogen and oxygen atoms in total. The number of aromatic amines is 1. The highest BCUT2D eigenvalue weighted by atomic mass is 79.9. The first-order chi connectivity index (χ1) is 11.9. The second kappa shape index (κ2) is 7.78. The summed E-state index contributed by atoms with van der Waals surface area (Å²) in [5, 5.41) is 0. The number of H-pyrrole nitrogens is 1. The number of carbonyl (C=O) groups is 1. The van der Waals surface area contributed by atoms with E-state index < -0.39 is 0 Å². The number of nitrogens with one attached hydrogen (secondary N) is 1. The number of nitrogens with zero attached hydrogens (tertiary/aromatic N) is 2. The predicted molar refractivity (Wildman–Crippen MR) is 101 cm³/mol. The Morgan fingerprint density at radius 3 is 2.64 bits per heavy atom. The highest BCUT2D eigenvalue weighted by Crippen LogP contribution is 2.22. The molecule has 1 aliphatic rings. The molecule has 2 heterocycles. The van der Waals surface area contributed by atoms with E-state index in [2.05, 4.69) is 41.8 Å². The van der Waals surface area contributed by atoms with Gasteiger partial charge in [-0.2, -0.15) is 0 Å². The van der Waals surface area contributed by atoms with E-state index in [1.54, 1.807) is 4.90 Å². The molecule has 1 aromatic heterocycles. The van der Waals surface area contributed by atoms with Gasteiger partial charge in [0.05, 0.1) is 6.54 Å². The molecule has 0 bridgehead atoms. The summed E-state index contributed by atoms with van der Waals surface area (Å²) < 4.78 is 12.7. The average Bonchev–Trinajstić information content (AvgIpc) is 3.09. The Kier molecular flexibility index (Phi) is 5.68. The Hall–Kier alpha value is -1.54. The van der Waals surface area contributed by atoms with E-state index in [1.165, 1.54) is 0 Å². The molecule has 1 fully saturated rings. The monoisotopic (exact) mass is 471 g/mol. The third kappa shape index (κ3) is 4.55. The Morgan fingerprint density at radius 2 is 2.08 bits per heavy atom. The highest BCUT2D eigenvalue weighted by Gasteiger charge is 2.33. The number of imidazole rings is 1. The molecule has 25 heavy (non-hydrogen) atoms. The fourth-order valence-corrected chi connectivity index (χ4v) is 3.22. The van der Waals surface area contributed by atoms with E-state index in [1.807, 2.05) is 38.1 Å². The third-order valence-corrected chi connectivity index (χ3v) is 5.60. The summed E-state index contributed by atoms with van der Waals surface area (Å²) in [4.78, 5) is 21.0. The summed E-state index contributed by atoms with van der Waals surface area (Å²) in [6.07, 6.45) is 0.204. The second-order valence-electron chi connectivity index (χ2n) is 6.17. The first-order valence-electron chi connectivity index (χ1n) is 8.01. The maximum absolute atomic E-state index is 11.7. The Balaban J connectivity index is 1.52. The van der Waals surface area contributed by atoms with Crippen LogP contribution < -0.4 is 4.74 Å². The lowest BCUT2D eigenvalue weighted by Gasteiger charge is -2.16. The van der Waals surface area contributed by atoms with Gasteiger partial charge in [-0.15, -0.1) is 0 Å². The smallest absolute Gasteiger partial charge is 0.410 e. The Morgan fingerprint density at radius 1 is 1.36 bits per heavy atom. The molecule has 8 heteroatoms. The maximum Gasteiger partial charge on any atom is 0.410 e. The number of hydrogen-bond donors (Lipinski definition) is 1. The molecule has 2 aromatic rings. The van der Waals surface area contributed by atoms with Crippen LogP contribution in [0.25, 0.3) is 0 Å². The molecule has 0 radical (unpaired) electrons. The second-order valence-corrected chi connectivity index (χ2v) is 7.72. The fourth-order valence-electron chi connectivity index (χ4n) is 2.59. The standard InChI is InChI=1S/C17H19Br2N3O3/c1-10(2)22-8-13(25-17(22)23)9-24-12-5-3-11(4-6-12)7-14-20-15(18)16(19)21-14/h3-6,10,13H,7-9H2,1-2H3,(H,20,21)/t13-/m0/s1. The molecule has 1 atom stereocenters. The van der Waals surface area contributed by atoms with Crippen LogP contribution >= 0.6 is 31.9 Å². The molecule has 0 spiro atoms. The van der Waals surface area contributed by atoms with Gasteiger partial charge in [-0.1, -0.05) is 12.1 Å². The van der Waals surface area contributed by atoms with Gasteiger partial charge in [-0.3, -0.25) is 0 Å². The van der Waals surface area contributed by atoms with Crippen molar-refractivity contribution in [2.75, 3.05) is 13.2 Å². The predicted octanol–water partition coefficient (Wildman–Crippen LogP) is 4.13. The van der Waals surface area contributed by atoms with Crippen molar-refractivity contribution >= 4 is 38.0 Å². The van der Waals surface area contributed by atoms with Crippen LogP contribution in [0, 0.1) is 0 Å².